The van der Waals surface area contributed by atoms with Gasteiger partial charge < -0.3 is 13.7 Å². The average Bonchev–Trinajstić information content (AvgIpc) is 4.02. The lowest BCUT2D eigenvalue weighted by atomic mass is 10.0. The molecule has 0 aliphatic rings. The molecular formula is C54H33N3S. The summed E-state index contributed by atoms with van der Waals surface area (Å²) in [5.41, 5.74) is 13.2. The van der Waals surface area contributed by atoms with E-state index in [1.54, 1.807) is 0 Å². The Labute approximate surface area is 337 Å². The van der Waals surface area contributed by atoms with Crippen LogP contribution in [0.25, 0.3) is 114 Å². The first-order valence-electron chi connectivity index (χ1n) is 19.8. The van der Waals surface area contributed by atoms with Crippen LogP contribution in [-0.4, -0.2) is 13.7 Å². The predicted octanol–water partition coefficient (Wildman–Crippen LogP) is 15.0. The van der Waals surface area contributed by atoms with Crippen molar-refractivity contribution in [3.8, 4) is 28.2 Å². The van der Waals surface area contributed by atoms with Crippen LogP contribution in [0.2, 0.25) is 0 Å². The van der Waals surface area contributed by atoms with Crippen molar-refractivity contribution in [1.82, 2.24) is 13.7 Å². The van der Waals surface area contributed by atoms with Crippen molar-refractivity contribution in [3.63, 3.8) is 0 Å². The van der Waals surface area contributed by atoms with Crippen LogP contribution in [0.5, 0.6) is 0 Å². The van der Waals surface area contributed by atoms with E-state index in [-0.39, 0.29) is 0 Å². The van der Waals surface area contributed by atoms with Crippen molar-refractivity contribution in [2.24, 2.45) is 0 Å². The summed E-state index contributed by atoms with van der Waals surface area (Å²) >= 11 is 1.87. The van der Waals surface area contributed by atoms with Crippen molar-refractivity contribution in [1.29, 1.82) is 0 Å². The van der Waals surface area contributed by atoms with E-state index in [1.807, 2.05) is 11.3 Å². The number of rotatable bonds is 4. The van der Waals surface area contributed by atoms with E-state index in [4.69, 9.17) is 0 Å². The quantitative estimate of drug-likeness (QED) is 0.170. The molecule has 0 fully saturated rings. The first kappa shape index (κ1) is 31.8. The third kappa shape index (κ3) is 4.43. The molecule has 3 nitrogen and oxygen atoms in total. The average molecular weight is 756 g/mol. The minimum atomic E-state index is 1.15. The molecule has 0 bridgehead atoms. The van der Waals surface area contributed by atoms with E-state index in [0.29, 0.717) is 0 Å². The molecule has 0 aliphatic heterocycles. The summed E-state index contributed by atoms with van der Waals surface area (Å²) in [7, 11) is 0. The zero-order valence-electron chi connectivity index (χ0n) is 31.3. The second-order valence-corrected chi connectivity index (χ2v) is 16.4. The van der Waals surface area contributed by atoms with Gasteiger partial charge in [0.2, 0.25) is 0 Å². The summed E-state index contributed by atoms with van der Waals surface area (Å²) in [6, 6.07) is 73.7. The van der Waals surface area contributed by atoms with Crippen LogP contribution in [-0.2, 0) is 0 Å². The number of nitrogens with zero attached hydrogens (tertiary/aromatic N) is 3. The van der Waals surface area contributed by atoms with Gasteiger partial charge in [0.1, 0.15) is 0 Å². The Morgan fingerprint density at radius 1 is 0.276 bits per heavy atom. The highest BCUT2D eigenvalue weighted by Gasteiger charge is 2.19. The molecule has 4 heterocycles. The standard InChI is InChI=1S/C54H33N3S/c1-6-22-47-39(15-1)40-16-2-7-23-48(40)55(47)35-14-11-13-34(31-35)38-20-12-21-44-43-19-5-10-26-51(43)57(54(38)44)37-28-30-53-46(33-37)45-32-36(27-29-52(45)58-53)56-49-24-8-3-17-41(49)42-18-4-9-25-50(42)56/h1-33H. The van der Waals surface area contributed by atoms with E-state index in [9.17, 15) is 0 Å². The van der Waals surface area contributed by atoms with Gasteiger partial charge in [-0.15, -0.1) is 11.3 Å². The van der Waals surface area contributed by atoms with Gasteiger partial charge in [-0.05, 0) is 84.4 Å². The van der Waals surface area contributed by atoms with Gasteiger partial charge in [0, 0.05) is 75.1 Å². The molecule has 0 aliphatic carbocycles. The molecule has 4 heteroatoms. The summed E-state index contributed by atoms with van der Waals surface area (Å²) in [5, 5.41) is 10.1. The van der Waals surface area contributed by atoms with E-state index in [0.717, 1.165) is 11.4 Å². The zero-order valence-corrected chi connectivity index (χ0v) is 32.1. The van der Waals surface area contributed by atoms with Gasteiger partial charge in [0.15, 0.2) is 0 Å². The molecule has 0 atom stereocenters. The normalized spacial score (nSPS) is 12.1. The summed E-state index contributed by atoms with van der Waals surface area (Å²) in [6.07, 6.45) is 0. The van der Waals surface area contributed by atoms with Crippen LogP contribution < -0.4 is 0 Å². The monoisotopic (exact) mass is 755 g/mol. The molecule has 0 saturated carbocycles. The van der Waals surface area contributed by atoms with Gasteiger partial charge in [-0.2, -0.15) is 0 Å². The smallest absolute Gasteiger partial charge is 0.0619 e. The highest BCUT2D eigenvalue weighted by molar-refractivity contribution is 7.25. The number of hydrogen-bond donors (Lipinski definition) is 0. The van der Waals surface area contributed by atoms with Crippen molar-refractivity contribution in [2.45, 2.75) is 0 Å². The minimum Gasteiger partial charge on any atom is -0.309 e. The van der Waals surface area contributed by atoms with E-state index < -0.39 is 0 Å². The van der Waals surface area contributed by atoms with Crippen molar-refractivity contribution >= 4 is 96.9 Å². The van der Waals surface area contributed by atoms with Gasteiger partial charge in [0.05, 0.1) is 33.1 Å². The summed E-state index contributed by atoms with van der Waals surface area (Å²) in [4.78, 5) is 0. The summed E-state index contributed by atoms with van der Waals surface area (Å²) in [5.74, 6) is 0. The molecule has 0 amide bonds. The van der Waals surface area contributed by atoms with Gasteiger partial charge in [-0.25, -0.2) is 0 Å². The molecule has 0 N–H and O–H groups in total. The van der Waals surface area contributed by atoms with Gasteiger partial charge in [-0.1, -0.05) is 121 Å². The Hall–Kier alpha value is -7.40. The van der Waals surface area contributed by atoms with Crippen LogP contribution >= 0.6 is 11.3 Å². The largest absolute Gasteiger partial charge is 0.309 e. The fourth-order valence-corrected chi connectivity index (χ4v) is 10.8. The first-order chi connectivity index (χ1) is 28.8. The highest BCUT2D eigenvalue weighted by Crippen LogP contribution is 2.43. The van der Waals surface area contributed by atoms with E-state index in [1.165, 1.54) is 102 Å². The Bertz CT molecular complexity index is 3710. The lowest BCUT2D eigenvalue weighted by Gasteiger charge is -2.14. The third-order valence-corrected chi connectivity index (χ3v) is 13.4. The van der Waals surface area contributed by atoms with E-state index >= 15 is 0 Å². The maximum absolute atomic E-state index is 2.49. The van der Waals surface area contributed by atoms with Crippen LogP contribution in [0.3, 0.4) is 0 Å². The third-order valence-electron chi connectivity index (χ3n) is 12.2. The zero-order chi connectivity index (χ0) is 37.9. The number of thiophene rings is 1. The maximum Gasteiger partial charge on any atom is 0.0619 e. The molecule has 0 unspecified atom stereocenters. The van der Waals surface area contributed by atoms with Crippen molar-refractivity contribution in [3.05, 3.63) is 200 Å². The van der Waals surface area contributed by atoms with Crippen LogP contribution in [0.1, 0.15) is 0 Å². The number of benzene rings is 9. The van der Waals surface area contributed by atoms with Gasteiger partial charge in [-0.3, -0.25) is 0 Å². The molecule has 13 rings (SSSR count). The van der Waals surface area contributed by atoms with Crippen molar-refractivity contribution in [2.75, 3.05) is 0 Å². The fourth-order valence-electron chi connectivity index (χ4n) is 9.77. The lowest BCUT2D eigenvalue weighted by molar-refractivity contribution is 1.18. The Morgan fingerprint density at radius 2 is 0.672 bits per heavy atom. The SMILES string of the molecule is c1cc(-c2cccc3c4ccccc4n(-c4ccc5sc6ccc(-n7c8ccccc8c8ccccc87)cc6c5c4)c23)cc(-n2c3ccccc3c3ccccc32)c1. The maximum atomic E-state index is 2.49. The second-order valence-electron chi connectivity index (χ2n) is 15.3. The van der Waals surface area contributed by atoms with E-state index in [2.05, 4.69) is 214 Å². The van der Waals surface area contributed by atoms with Crippen LogP contribution in [0.4, 0.5) is 0 Å². The fraction of sp³-hybridized carbons (Fsp3) is 0. The predicted molar refractivity (Wildman–Crippen MR) is 248 cm³/mol. The van der Waals surface area contributed by atoms with Gasteiger partial charge >= 0.3 is 0 Å². The van der Waals surface area contributed by atoms with Gasteiger partial charge in [0.25, 0.3) is 0 Å². The first-order valence-corrected chi connectivity index (χ1v) is 20.7. The summed E-state index contributed by atoms with van der Waals surface area (Å²) < 4.78 is 9.91. The Balaban J connectivity index is 1.03. The molecule has 13 aromatic rings. The number of para-hydroxylation sites is 6. The molecule has 4 aromatic heterocycles. The molecule has 0 saturated heterocycles. The molecule has 0 spiro atoms. The number of aromatic nitrogens is 3. The highest BCUT2D eigenvalue weighted by atomic mass is 32.1. The molecule has 270 valence electrons. The molecule has 58 heavy (non-hydrogen) atoms. The van der Waals surface area contributed by atoms with Crippen LogP contribution in [0.15, 0.2) is 200 Å². The number of fused-ring (bicyclic) bond motifs is 12. The summed E-state index contributed by atoms with van der Waals surface area (Å²) in [6.45, 7) is 0. The topological polar surface area (TPSA) is 14.8 Å². The number of hydrogen-bond acceptors (Lipinski definition) is 1. The second kappa shape index (κ2) is 12.1. The van der Waals surface area contributed by atoms with Crippen molar-refractivity contribution < 1.29 is 0 Å². The molecule has 9 aromatic carbocycles. The molecule has 0 radical (unpaired) electrons. The lowest BCUT2D eigenvalue weighted by Crippen LogP contribution is -1.97. The Kier molecular flexibility index (Phi) is 6.60. The van der Waals surface area contributed by atoms with Crippen LogP contribution in [0, 0.1) is 0 Å². The minimum absolute atomic E-state index is 1.15. The Morgan fingerprint density at radius 3 is 1.19 bits per heavy atom. The molecular weight excluding hydrogens is 723 g/mol.